The Balaban J connectivity index is 1.75. The highest BCUT2D eigenvalue weighted by atomic mass is 19.1. The minimum atomic E-state index is -0.236. The second-order valence-electron chi connectivity index (χ2n) is 5.61. The van der Waals surface area contributed by atoms with Crippen LogP contribution < -0.4 is 5.32 Å². The van der Waals surface area contributed by atoms with Crippen molar-refractivity contribution in [3.05, 3.63) is 59.9 Å². The molecule has 21 heavy (non-hydrogen) atoms. The Morgan fingerprint density at radius 1 is 1.10 bits per heavy atom. The van der Waals surface area contributed by atoms with Gasteiger partial charge in [0.1, 0.15) is 17.2 Å². The van der Waals surface area contributed by atoms with E-state index in [2.05, 4.69) is 5.32 Å². The molecule has 0 saturated heterocycles. The highest BCUT2D eigenvalue weighted by Crippen LogP contribution is 2.31. The summed E-state index contributed by atoms with van der Waals surface area (Å²) in [5.74, 6) is 0.490. The molecule has 0 radical (unpaired) electrons. The number of fused-ring (bicyclic) bond motifs is 1. The third kappa shape index (κ3) is 2.57. The van der Waals surface area contributed by atoms with Crippen LogP contribution in [0.4, 0.5) is 4.39 Å². The van der Waals surface area contributed by atoms with Crippen molar-refractivity contribution in [3.63, 3.8) is 0 Å². The van der Waals surface area contributed by atoms with Crippen LogP contribution in [0.5, 0.6) is 0 Å². The Bertz CT molecular complexity index is 756. The Morgan fingerprint density at radius 3 is 2.76 bits per heavy atom. The van der Waals surface area contributed by atoms with E-state index in [1.165, 1.54) is 18.9 Å². The predicted octanol–water partition coefficient (Wildman–Crippen LogP) is 4.49. The quantitative estimate of drug-likeness (QED) is 0.762. The monoisotopic (exact) mass is 281 g/mol. The molecule has 1 heterocycles. The fourth-order valence-electron chi connectivity index (χ4n) is 2.59. The highest BCUT2D eigenvalue weighted by molar-refractivity contribution is 5.83. The van der Waals surface area contributed by atoms with E-state index in [4.69, 9.17) is 4.42 Å². The average Bonchev–Trinajstić information content (AvgIpc) is 3.22. The molecule has 1 aromatic heterocycles. The molecule has 3 aromatic rings. The Morgan fingerprint density at radius 2 is 1.95 bits per heavy atom. The number of hydrogen-bond donors (Lipinski definition) is 1. The molecule has 0 aliphatic heterocycles. The third-order valence-corrected chi connectivity index (χ3v) is 3.92. The lowest BCUT2D eigenvalue weighted by Gasteiger charge is -2.08. The molecule has 106 valence electrons. The van der Waals surface area contributed by atoms with E-state index in [-0.39, 0.29) is 5.82 Å². The van der Waals surface area contributed by atoms with Crippen molar-refractivity contribution < 1.29 is 8.81 Å². The van der Waals surface area contributed by atoms with Crippen LogP contribution in [-0.2, 0) is 6.54 Å². The summed E-state index contributed by atoms with van der Waals surface area (Å²) in [6.45, 7) is 0.747. The van der Waals surface area contributed by atoms with Gasteiger partial charge in [-0.25, -0.2) is 4.39 Å². The summed E-state index contributed by atoms with van der Waals surface area (Å²) in [6.07, 6.45) is 2.47. The van der Waals surface area contributed by atoms with Crippen molar-refractivity contribution in [1.82, 2.24) is 5.32 Å². The van der Waals surface area contributed by atoms with Gasteiger partial charge in [0, 0.05) is 23.5 Å². The first-order chi connectivity index (χ1) is 10.3. The van der Waals surface area contributed by atoms with Crippen molar-refractivity contribution in [1.29, 1.82) is 0 Å². The lowest BCUT2D eigenvalue weighted by Crippen LogP contribution is -2.15. The Kier molecular flexibility index (Phi) is 3.00. The minimum absolute atomic E-state index is 0.236. The van der Waals surface area contributed by atoms with E-state index in [1.54, 1.807) is 6.07 Å². The molecule has 2 nitrogen and oxygen atoms in total. The van der Waals surface area contributed by atoms with Gasteiger partial charge in [-0.05, 0) is 42.7 Å². The Hall–Kier alpha value is -2.13. The van der Waals surface area contributed by atoms with Gasteiger partial charge in [-0.15, -0.1) is 0 Å². The van der Waals surface area contributed by atoms with Gasteiger partial charge in [0.05, 0.1) is 0 Å². The second-order valence-corrected chi connectivity index (χ2v) is 5.61. The highest BCUT2D eigenvalue weighted by Gasteiger charge is 2.21. The first-order valence-corrected chi connectivity index (χ1v) is 7.30. The number of benzene rings is 2. The van der Waals surface area contributed by atoms with Crippen LogP contribution in [0.3, 0.4) is 0 Å². The summed E-state index contributed by atoms with van der Waals surface area (Å²) < 4.78 is 19.5. The molecular formula is C18H16FNO. The van der Waals surface area contributed by atoms with E-state index in [9.17, 15) is 4.39 Å². The zero-order valence-corrected chi connectivity index (χ0v) is 11.6. The number of rotatable bonds is 4. The maximum Gasteiger partial charge on any atom is 0.135 e. The smallest absolute Gasteiger partial charge is 0.135 e. The van der Waals surface area contributed by atoms with Crippen molar-refractivity contribution in [2.45, 2.75) is 25.4 Å². The molecule has 1 aliphatic rings. The molecule has 0 spiro atoms. The number of hydrogen-bond acceptors (Lipinski definition) is 2. The zero-order valence-electron chi connectivity index (χ0n) is 11.6. The fraction of sp³-hybridized carbons (Fsp3) is 0.222. The van der Waals surface area contributed by atoms with Crippen molar-refractivity contribution in [2.24, 2.45) is 0 Å². The molecule has 1 fully saturated rings. The number of halogens is 1. The molecule has 3 heteroatoms. The van der Waals surface area contributed by atoms with Crippen LogP contribution in [-0.4, -0.2) is 6.04 Å². The van der Waals surface area contributed by atoms with Gasteiger partial charge in [0.2, 0.25) is 0 Å². The molecular weight excluding hydrogens is 265 g/mol. The molecule has 0 amide bonds. The topological polar surface area (TPSA) is 25.2 Å². The molecule has 2 aromatic carbocycles. The van der Waals surface area contributed by atoms with Crippen LogP contribution in [0.1, 0.15) is 18.4 Å². The maximum absolute atomic E-state index is 13.6. The maximum atomic E-state index is 13.6. The third-order valence-electron chi connectivity index (χ3n) is 3.92. The molecule has 1 saturated carbocycles. The van der Waals surface area contributed by atoms with E-state index in [0.29, 0.717) is 6.04 Å². The van der Waals surface area contributed by atoms with Crippen LogP contribution in [0.15, 0.2) is 52.9 Å². The summed E-state index contributed by atoms with van der Waals surface area (Å²) in [7, 11) is 0. The normalized spacial score (nSPS) is 14.7. The predicted molar refractivity (Wildman–Crippen MR) is 81.5 cm³/mol. The number of para-hydroxylation sites is 1. The van der Waals surface area contributed by atoms with Crippen LogP contribution >= 0.6 is 0 Å². The minimum Gasteiger partial charge on any atom is -0.456 e. The summed E-state index contributed by atoms with van der Waals surface area (Å²) in [4.78, 5) is 0. The largest absolute Gasteiger partial charge is 0.456 e. The SMILES string of the molecule is Fc1ccc(CNC2CC2)c(-c2cc3ccccc3o2)c1. The van der Waals surface area contributed by atoms with Gasteiger partial charge in [0.25, 0.3) is 0 Å². The van der Waals surface area contributed by atoms with Crippen molar-refractivity contribution in [3.8, 4) is 11.3 Å². The first kappa shape index (κ1) is 12.6. The second kappa shape index (κ2) is 5.01. The van der Waals surface area contributed by atoms with E-state index >= 15 is 0 Å². The van der Waals surface area contributed by atoms with Crippen molar-refractivity contribution in [2.75, 3.05) is 0 Å². The number of nitrogens with one attached hydrogen (secondary N) is 1. The van der Waals surface area contributed by atoms with Gasteiger partial charge in [-0.2, -0.15) is 0 Å². The lowest BCUT2D eigenvalue weighted by atomic mass is 10.0. The van der Waals surface area contributed by atoms with Gasteiger partial charge in [0.15, 0.2) is 0 Å². The lowest BCUT2D eigenvalue weighted by molar-refractivity contribution is 0.613. The summed E-state index contributed by atoms with van der Waals surface area (Å²) in [5, 5.41) is 4.51. The standard InChI is InChI=1S/C18H16FNO/c19-14-6-5-13(11-20-15-7-8-15)16(10-14)18-9-12-3-1-2-4-17(12)21-18/h1-6,9-10,15,20H,7-8,11H2. The first-order valence-electron chi connectivity index (χ1n) is 7.30. The molecule has 0 bridgehead atoms. The summed E-state index contributed by atoms with van der Waals surface area (Å²) in [6, 6.07) is 15.4. The number of furan rings is 1. The van der Waals surface area contributed by atoms with E-state index in [0.717, 1.165) is 34.4 Å². The van der Waals surface area contributed by atoms with E-state index in [1.807, 2.05) is 36.4 Å². The Labute approximate surface area is 122 Å². The van der Waals surface area contributed by atoms with Gasteiger partial charge < -0.3 is 9.73 Å². The van der Waals surface area contributed by atoms with Crippen LogP contribution in [0, 0.1) is 5.82 Å². The van der Waals surface area contributed by atoms with Crippen LogP contribution in [0.2, 0.25) is 0 Å². The van der Waals surface area contributed by atoms with E-state index < -0.39 is 0 Å². The van der Waals surface area contributed by atoms with Crippen molar-refractivity contribution >= 4 is 11.0 Å². The molecule has 1 aliphatic carbocycles. The zero-order chi connectivity index (χ0) is 14.2. The summed E-state index contributed by atoms with van der Waals surface area (Å²) >= 11 is 0. The average molecular weight is 281 g/mol. The van der Waals surface area contributed by atoms with Gasteiger partial charge in [-0.3, -0.25) is 0 Å². The molecule has 1 N–H and O–H groups in total. The molecule has 0 atom stereocenters. The van der Waals surface area contributed by atoms with Gasteiger partial charge >= 0.3 is 0 Å². The molecule has 0 unspecified atom stereocenters. The molecule has 4 rings (SSSR count). The van der Waals surface area contributed by atoms with Gasteiger partial charge in [-0.1, -0.05) is 24.3 Å². The van der Waals surface area contributed by atoms with Crippen LogP contribution in [0.25, 0.3) is 22.3 Å². The fourth-order valence-corrected chi connectivity index (χ4v) is 2.59. The summed E-state index contributed by atoms with van der Waals surface area (Å²) in [5.41, 5.74) is 2.74.